The van der Waals surface area contributed by atoms with Crippen LogP contribution in [-0.2, 0) is 15.0 Å². The predicted molar refractivity (Wildman–Crippen MR) is 99.3 cm³/mol. The Morgan fingerprint density at radius 3 is 2.30 bits per heavy atom. The van der Waals surface area contributed by atoms with Crippen molar-refractivity contribution in [1.82, 2.24) is 10.2 Å². The summed E-state index contributed by atoms with van der Waals surface area (Å²) in [6.07, 6.45) is 4.03. The van der Waals surface area contributed by atoms with Crippen LogP contribution in [0, 0.1) is 5.92 Å². The lowest BCUT2D eigenvalue weighted by molar-refractivity contribution is -0.143. The fourth-order valence-corrected chi connectivity index (χ4v) is 3.97. The quantitative estimate of drug-likeness (QED) is 0.833. The van der Waals surface area contributed by atoms with E-state index >= 15 is 4.39 Å². The van der Waals surface area contributed by atoms with Gasteiger partial charge in [-0.05, 0) is 49.3 Å². The summed E-state index contributed by atoms with van der Waals surface area (Å²) in [7, 11) is 1.62. The van der Waals surface area contributed by atoms with E-state index in [0.29, 0.717) is 25.6 Å². The monoisotopic (exact) mass is 374 g/mol. The second-order valence-electron chi connectivity index (χ2n) is 8.22. The molecular formula is C21H27FN2O3. The SMILES string of the molecule is COc1ccc(C2(C(=O)N3CCC(F)(C(=O)NCC4CC4)CC3)CC2)cc1. The van der Waals surface area contributed by atoms with Gasteiger partial charge in [0.15, 0.2) is 5.67 Å². The second kappa shape index (κ2) is 6.80. The van der Waals surface area contributed by atoms with Crippen molar-refractivity contribution in [3.63, 3.8) is 0 Å². The maximum Gasteiger partial charge on any atom is 0.257 e. The van der Waals surface area contributed by atoms with Gasteiger partial charge in [0.2, 0.25) is 5.91 Å². The van der Waals surface area contributed by atoms with Gasteiger partial charge in [0.1, 0.15) is 5.75 Å². The molecule has 3 fully saturated rings. The molecule has 1 N–H and O–H groups in total. The Hall–Kier alpha value is -2.11. The first-order valence-corrected chi connectivity index (χ1v) is 9.88. The number of rotatable bonds is 6. The van der Waals surface area contributed by atoms with E-state index in [1.54, 1.807) is 12.0 Å². The Morgan fingerprint density at radius 2 is 1.78 bits per heavy atom. The van der Waals surface area contributed by atoms with Crippen molar-refractivity contribution in [2.45, 2.75) is 49.6 Å². The van der Waals surface area contributed by atoms with Gasteiger partial charge in [0.05, 0.1) is 12.5 Å². The molecule has 0 atom stereocenters. The van der Waals surface area contributed by atoms with Crippen molar-refractivity contribution in [3.8, 4) is 5.75 Å². The van der Waals surface area contributed by atoms with E-state index in [-0.39, 0.29) is 18.7 Å². The molecule has 1 aliphatic heterocycles. The van der Waals surface area contributed by atoms with Gasteiger partial charge >= 0.3 is 0 Å². The summed E-state index contributed by atoms with van der Waals surface area (Å²) in [6.45, 7) is 1.17. The number of nitrogens with one attached hydrogen (secondary N) is 1. The fourth-order valence-electron chi connectivity index (χ4n) is 3.97. The third-order valence-corrected chi connectivity index (χ3v) is 6.30. The Balaban J connectivity index is 1.37. The van der Waals surface area contributed by atoms with E-state index in [1.165, 1.54) is 0 Å². The summed E-state index contributed by atoms with van der Waals surface area (Å²) in [4.78, 5) is 27.1. The molecule has 1 heterocycles. The topological polar surface area (TPSA) is 58.6 Å². The normalized spacial score (nSPS) is 22.8. The highest BCUT2D eigenvalue weighted by Gasteiger charge is 2.54. The first-order chi connectivity index (χ1) is 13.0. The van der Waals surface area contributed by atoms with Crippen molar-refractivity contribution < 1.29 is 18.7 Å². The van der Waals surface area contributed by atoms with Crippen molar-refractivity contribution in [2.24, 2.45) is 5.92 Å². The van der Waals surface area contributed by atoms with Crippen LogP contribution in [-0.4, -0.2) is 49.1 Å². The number of benzene rings is 1. The Morgan fingerprint density at radius 1 is 1.15 bits per heavy atom. The van der Waals surface area contributed by atoms with E-state index in [9.17, 15) is 9.59 Å². The van der Waals surface area contributed by atoms with Crippen LogP contribution >= 0.6 is 0 Å². The number of halogens is 1. The highest BCUT2D eigenvalue weighted by molar-refractivity contribution is 5.92. The number of piperidine rings is 1. The molecule has 5 nitrogen and oxygen atoms in total. The number of carbonyl (C=O) groups excluding carboxylic acids is 2. The van der Waals surface area contributed by atoms with E-state index in [2.05, 4.69) is 5.32 Å². The maximum atomic E-state index is 15.0. The number of ether oxygens (including phenoxy) is 1. The summed E-state index contributed by atoms with van der Waals surface area (Å²) in [5, 5.41) is 2.75. The molecule has 0 radical (unpaired) electrons. The smallest absolute Gasteiger partial charge is 0.257 e. The van der Waals surface area contributed by atoms with Crippen LogP contribution in [0.4, 0.5) is 4.39 Å². The number of likely N-dealkylation sites (tertiary alicyclic amines) is 1. The summed E-state index contributed by atoms with van der Waals surface area (Å²) < 4.78 is 20.2. The molecule has 2 amide bonds. The molecule has 0 aromatic heterocycles. The molecule has 3 aliphatic rings. The summed E-state index contributed by atoms with van der Waals surface area (Å²) in [5.41, 5.74) is -1.33. The molecule has 146 valence electrons. The number of alkyl halides is 1. The number of amides is 2. The molecule has 2 aliphatic carbocycles. The molecule has 1 aromatic rings. The summed E-state index contributed by atoms with van der Waals surface area (Å²) in [5.74, 6) is 0.851. The molecule has 27 heavy (non-hydrogen) atoms. The van der Waals surface area contributed by atoms with E-state index in [4.69, 9.17) is 4.74 Å². The first kappa shape index (κ1) is 18.3. The lowest BCUT2D eigenvalue weighted by atomic mass is 9.89. The van der Waals surface area contributed by atoms with Gasteiger partial charge in [-0.25, -0.2) is 4.39 Å². The third kappa shape index (κ3) is 3.54. The van der Waals surface area contributed by atoms with E-state index in [0.717, 1.165) is 37.0 Å². The van der Waals surface area contributed by atoms with Crippen LogP contribution in [0.1, 0.15) is 44.1 Å². The minimum absolute atomic E-state index is 0.0631. The number of nitrogens with zero attached hydrogens (tertiary/aromatic N) is 1. The number of hydrogen-bond donors (Lipinski definition) is 1. The van der Waals surface area contributed by atoms with Gasteiger partial charge in [-0.15, -0.1) is 0 Å². The van der Waals surface area contributed by atoms with E-state index in [1.807, 2.05) is 24.3 Å². The highest BCUT2D eigenvalue weighted by atomic mass is 19.1. The zero-order chi connectivity index (χ0) is 19.1. The van der Waals surface area contributed by atoms with Gasteiger partial charge in [-0.3, -0.25) is 9.59 Å². The van der Waals surface area contributed by atoms with Crippen LogP contribution in [0.25, 0.3) is 0 Å². The molecular weight excluding hydrogens is 347 g/mol. The standard InChI is InChI=1S/C21H27FN2O3/c1-27-17-6-4-16(5-7-17)20(8-9-20)19(26)24-12-10-21(22,11-13-24)18(25)23-14-15-2-3-15/h4-7,15H,2-3,8-14H2,1H3,(H,23,25). The van der Waals surface area contributed by atoms with Crippen LogP contribution in [0.5, 0.6) is 5.75 Å². The number of carbonyl (C=O) groups is 2. The van der Waals surface area contributed by atoms with Gasteiger partial charge < -0.3 is 15.0 Å². The van der Waals surface area contributed by atoms with Crippen molar-refractivity contribution >= 4 is 11.8 Å². The molecule has 0 bridgehead atoms. The zero-order valence-electron chi connectivity index (χ0n) is 15.8. The minimum atomic E-state index is -1.84. The first-order valence-electron chi connectivity index (χ1n) is 9.88. The Labute approximate surface area is 159 Å². The molecule has 0 unspecified atom stereocenters. The largest absolute Gasteiger partial charge is 0.497 e. The molecule has 4 rings (SSSR count). The molecule has 1 saturated heterocycles. The fraction of sp³-hybridized carbons (Fsp3) is 0.619. The van der Waals surface area contributed by atoms with Crippen molar-refractivity contribution in [3.05, 3.63) is 29.8 Å². The second-order valence-corrected chi connectivity index (χ2v) is 8.22. The molecule has 1 aromatic carbocycles. The summed E-state index contributed by atoms with van der Waals surface area (Å²) >= 11 is 0. The Kier molecular flexibility index (Phi) is 4.60. The predicted octanol–water partition coefficient (Wildman–Crippen LogP) is 2.58. The summed E-state index contributed by atoms with van der Waals surface area (Å²) in [6, 6.07) is 7.63. The van der Waals surface area contributed by atoms with E-state index < -0.39 is 17.0 Å². The van der Waals surface area contributed by atoms with Crippen LogP contribution in [0.3, 0.4) is 0 Å². The highest BCUT2D eigenvalue weighted by Crippen LogP contribution is 2.50. The van der Waals surface area contributed by atoms with Gasteiger partial charge in [0, 0.05) is 32.5 Å². The molecule has 2 saturated carbocycles. The molecule has 0 spiro atoms. The van der Waals surface area contributed by atoms with Gasteiger partial charge in [-0.2, -0.15) is 0 Å². The third-order valence-electron chi connectivity index (χ3n) is 6.30. The minimum Gasteiger partial charge on any atom is -0.497 e. The average molecular weight is 374 g/mol. The van der Waals surface area contributed by atoms with Crippen LogP contribution < -0.4 is 10.1 Å². The number of methoxy groups -OCH3 is 1. The average Bonchev–Trinajstić information content (AvgIpc) is 3.61. The van der Waals surface area contributed by atoms with Crippen LogP contribution in [0.15, 0.2) is 24.3 Å². The van der Waals surface area contributed by atoms with Gasteiger partial charge in [0.25, 0.3) is 5.91 Å². The maximum absolute atomic E-state index is 15.0. The van der Waals surface area contributed by atoms with Crippen molar-refractivity contribution in [2.75, 3.05) is 26.7 Å². The van der Waals surface area contributed by atoms with Crippen molar-refractivity contribution in [1.29, 1.82) is 0 Å². The van der Waals surface area contributed by atoms with Gasteiger partial charge in [-0.1, -0.05) is 12.1 Å². The van der Waals surface area contributed by atoms with Crippen LogP contribution in [0.2, 0.25) is 0 Å². The lowest BCUT2D eigenvalue weighted by Crippen LogP contribution is -2.54. The lowest BCUT2D eigenvalue weighted by Gasteiger charge is -2.37. The zero-order valence-corrected chi connectivity index (χ0v) is 15.8. The molecule has 6 heteroatoms. The number of hydrogen-bond acceptors (Lipinski definition) is 3. The Bertz CT molecular complexity index is 717.